The summed E-state index contributed by atoms with van der Waals surface area (Å²) in [5.74, 6) is -0.542. The van der Waals surface area contributed by atoms with Gasteiger partial charge in [0.15, 0.2) is 0 Å². The van der Waals surface area contributed by atoms with Gasteiger partial charge in [-0.2, -0.15) is 0 Å². The second-order valence-corrected chi connectivity index (χ2v) is 4.87. The molecule has 0 saturated heterocycles. The predicted octanol–water partition coefficient (Wildman–Crippen LogP) is 3.57. The van der Waals surface area contributed by atoms with E-state index in [4.69, 9.17) is 4.74 Å². The molecule has 0 aliphatic carbocycles. The Kier molecular flexibility index (Phi) is 4.01. The maximum absolute atomic E-state index is 13.6. The van der Waals surface area contributed by atoms with E-state index < -0.39 is 0 Å². The van der Waals surface area contributed by atoms with E-state index in [-0.39, 0.29) is 11.8 Å². The molecule has 0 aliphatic heterocycles. The fraction of sp³-hybridized carbons (Fsp3) is 0.308. The van der Waals surface area contributed by atoms with Crippen LogP contribution in [-0.2, 0) is 16.0 Å². The topological polar surface area (TPSA) is 42.1 Å². The van der Waals surface area contributed by atoms with Crippen molar-refractivity contribution < 1.29 is 13.9 Å². The SMILES string of the molecule is CCOC(=O)CCc1cc2cc(Br)cc(F)c2[nH]1. The van der Waals surface area contributed by atoms with Crippen molar-refractivity contribution in [1.82, 2.24) is 4.98 Å². The first-order chi connectivity index (χ1) is 8.60. The maximum atomic E-state index is 13.6. The molecule has 0 amide bonds. The highest BCUT2D eigenvalue weighted by Gasteiger charge is 2.09. The van der Waals surface area contributed by atoms with Crippen LogP contribution in [0.1, 0.15) is 19.0 Å². The smallest absolute Gasteiger partial charge is 0.306 e. The molecule has 18 heavy (non-hydrogen) atoms. The van der Waals surface area contributed by atoms with Crippen LogP contribution in [0.15, 0.2) is 22.7 Å². The number of benzene rings is 1. The molecule has 0 aliphatic rings. The zero-order chi connectivity index (χ0) is 13.1. The van der Waals surface area contributed by atoms with Crippen molar-refractivity contribution in [1.29, 1.82) is 0 Å². The lowest BCUT2D eigenvalue weighted by Gasteiger charge is -1.99. The van der Waals surface area contributed by atoms with Crippen LogP contribution in [0.25, 0.3) is 10.9 Å². The number of H-pyrrole nitrogens is 1. The van der Waals surface area contributed by atoms with Crippen molar-refractivity contribution in [3.05, 3.63) is 34.2 Å². The number of carbonyl (C=O) groups excluding carboxylic acids is 1. The summed E-state index contributed by atoms with van der Waals surface area (Å²) in [4.78, 5) is 14.2. The summed E-state index contributed by atoms with van der Waals surface area (Å²) in [6.07, 6.45) is 0.814. The van der Waals surface area contributed by atoms with Gasteiger partial charge >= 0.3 is 5.97 Å². The third-order valence-electron chi connectivity index (χ3n) is 2.60. The molecular weight excluding hydrogens is 301 g/mol. The molecule has 96 valence electrons. The Balaban J connectivity index is 2.15. The summed E-state index contributed by atoms with van der Waals surface area (Å²) in [5.41, 5.74) is 1.30. The largest absolute Gasteiger partial charge is 0.466 e. The Morgan fingerprint density at radius 1 is 1.44 bits per heavy atom. The molecule has 0 fully saturated rings. The normalized spacial score (nSPS) is 10.8. The van der Waals surface area contributed by atoms with Crippen molar-refractivity contribution in [2.24, 2.45) is 0 Å². The molecular formula is C13H13BrFNO2. The second-order valence-electron chi connectivity index (χ2n) is 3.95. The molecule has 2 aromatic rings. The van der Waals surface area contributed by atoms with Gasteiger partial charge in [0.25, 0.3) is 0 Å². The van der Waals surface area contributed by atoms with E-state index in [0.717, 1.165) is 11.1 Å². The number of fused-ring (bicyclic) bond motifs is 1. The van der Waals surface area contributed by atoms with Gasteiger partial charge in [-0.1, -0.05) is 15.9 Å². The fourth-order valence-electron chi connectivity index (χ4n) is 1.83. The highest BCUT2D eigenvalue weighted by molar-refractivity contribution is 9.10. The minimum absolute atomic E-state index is 0.238. The Morgan fingerprint density at radius 3 is 2.94 bits per heavy atom. The van der Waals surface area contributed by atoms with E-state index in [2.05, 4.69) is 20.9 Å². The fourth-order valence-corrected chi connectivity index (χ4v) is 2.28. The Morgan fingerprint density at radius 2 is 2.22 bits per heavy atom. The van der Waals surface area contributed by atoms with Crippen LogP contribution in [0.4, 0.5) is 4.39 Å². The van der Waals surface area contributed by atoms with Crippen LogP contribution in [0.5, 0.6) is 0 Å². The summed E-state index contributed by atoms with van der Waals surface area (Å²) >= 11 is 3.25. The van der Waals surface area contributed by atoms with Crippen LogP contribution in [0.2, 0.25) is 0 Å². The first-order valence-corrected chi connectivity index (χ1v) is 6.51. The van der Waals surface area contributed by atoms with Crippen molar-refractivity contribution in [3.8, 4) is 0 Å². The molecule has 0 bridgehead atoms. The molecule has 5 heteroatoms. The molecule has 1 aromatic carbocycles. The minimum Gasteiger partial charge on any atom is -0.466 e. The molecule has 0 spiro atoms. The Labute approximate surface area is 112 Å². The summed E-state index contributed by atoms with van der Waals surface area (Å²) in [6, 6.07) is 5.10. The number of carbonyl (C=O) groups is 1. The lowest BCUT2D eigenvalue weighted by Crippen LogP contribution is -2.05. The van der Waals surface area contributed by atoms with Crippen LogP contribution >= 0.6 is 15.9 Å². The number of hydrogen-bond acceptors (Lipinski definition) is 2. The number of halogens is 2. The van der Waals surface area contributed by atoms with Crippen molar-refractivity contribution in [2.45, 2.75) is 19.8 Å². The van der Waals surface area contributed by atoms with E-state index in [1.54, 1.807) is 6.92 Å². The maximum Gasteiger partial charge on any atom is 0.306 e. The first kappa shape index (κ1) is 13.1. The van der Waals surface area contributed by atoms with Crippen molar-refractivity contribution in [3.63, 3.8) is 0 Å². The molecule has 0 saturated carbocycles. The molecule has 0 unspecified atom stereocenters. The van der Waals surface area contributed by atoms with Gasteiger partial charge in [0, 0.05) is 15.6 Å². The van der Waals surface area contributed by atoms with E-state index in [9.17, 15) is 9.18 Å². The average molecular weight is 314 g/mol. The van der Waals surface area contributed by atoms with Gasteiger partial charge in [0.05, 0.1) is 18.5 Å². The van der Waals surface area contributed by atoms with Crippen LogP contribution in [0.3, 0.4) is 0 Å². The van der Waals surface area contributed by atoms with Crippen molar-refractivity contribution >= 4 is 32.8 Å². The standard InChI is InChI=1S/C13H13BrFNO2/c1-2-18-12(17)4-3-10-6-8-5-9(14)7-11(15)13(8)16-10/h5-7,16H,2-4H2,1H3. The molecule has 1 N–H and O–H groups in total. The molecule has 1 aromatic heterocycles. The van der Waals surface area contributed by atoms with Crippen molar-refractivity contribution in [2.75, 3.05) is 6.61 Å². The monoisotopic (exact) mass is 313 g/mol. The van der Waals surface area contributed by atoms with E-state index in [1.807, 2.05) is 12.1 Å². The van der Waals surface area contributed by atoms with E-state index in [1.165, 1.54) is 6.07 Å². The molecule has 0 radical (unpaired) electrons. The number of hydrogen-bond donors (Lipinski definition) is 1. The van der Waals surface area contributed by atoms with Crippen LogP contribution in [0, 0.1) is 5.82 Å². The number of esters is 1. The van der Waals surface area contributed by atoms with Crippen LogP contribution in [-0.4, -0.2) is 17.6 Å². The number of ether oxygens (including phenoxy) is 1. The predicted molar refractivity (Wildman–Crippen MR) is 70.9 cm³/mol. The number of aromatic amines is 1. The van der Waals surface area contributed by atoms with Gasteiger partial charge in [-0.3, -0.25) is 4.79 Å². The average Bonchev–Trinajstić information content (AvgIpc) is 2.70. The Hall–Kier alpha value is -1.36. The van der Waals surface area contributed by atoms with E-state index in [0.29, 0.717) is 29.4 Å². The van der Waals surface area contributed by atoms with Gasteiger partial charge in [-0.05, 0) is 31.5 Å². The van der Waals surface area contributed by atoms with Gasteiger partial charge in [-0.25, -0.2) is 4.39 Å². The number of nitrogens with one attached hydrogen (secondary N) is 1. The molecule has 0 atom stereocenters. The molecule has 3 nitrogen and oxygen atoms in total. The summed E-state index contributed by atoms with van der Waals surface area (Å²) in [6.45, 7) is 2.15. The number of aryl methyl sites for hydroxylation is 1. The minimum atomic E-state index is -0.304. The van der Waals surface area contributed by atoms with Gasteiger partial charge in [-0.15, -0.1) is 0 Å². The number of rotatable bonds is 4. The zero-order valence-corrected chi connectivity index (χ0v) is 11.5. The summed E-state index contributed by atoms with van der Waals surface area (Å²) in [5, 5.41) is 0.792. The van der Waals surface area contributed by atoms with Gasteiger partial charge in [0.1, 0.15) is 5.82 Å². The highest BCUT2D eigenvalue weighted by atomic mass is 79.9. The first-order valence-electron chi connectivity index (χ1n) is 5.72. The lowest BCUT2D eigenvalue weighted by molar-refractivity contribution is -0.143. The Bertz CT molecular complexity index is 580. The third kappa shape index (κ3) is 2.90. The van der Waals surface area contributed by atoms with Crippen LogP contribution < -0.4 is 0 Å². The van der Waals surface area contributed by atoms with Gasteiger partial charge in [0.2, 0.25) is 0 Å². The quantitative estimate of drug-likeness (QED) is 0.877. The third-order valence-corrected chi connectivity index (χ3v) is 3.06. The lowest BCUT2D eigenvalue weighted by atomic mass is 10.2. The summed E-state index contributed by atoms with van der Waals surface area (Å²) in [7, 11) is 0. The van der Waals surface area contributed by atoms with E-state index >= 15 is 0 Å². The second kappa shape index (κ2) is 5.52. The summed E-state index contributed by atoms with van der Waals surface area (Å²) < 4.78 is 19.2. The van der Waals surface area contributed by atoms with Gasteiger partial charge < -0.3 is 9.72 Å². The molecule has 2 rings (SSSR count). The zero-order valence-electron chi connectivity index (χ0n) is 9.93. The molecule has 1 heterocycles. The highest BCUT2D eigenvalue weighted by Crippen LogP contribution is 2.24. The number of aromatic nitrogens is 1.